The van der Waals surface area contributed by atoms with Crippen LogP contribution in [-0.2, 0) is 19.8 Å². The maximum Gasteiger partial charge on any atom is 0.211 e. The van der Waals surface area contributed by atoms with Crippen LogP contribution in [0.25, 0.3) is 10.9 Å². The molecule has 0 radical (unpaired) electrons. The van der Waals surface area contributed by atoms with Gasteiger partial charge in [-0.1, -0.05) is 41.6 Å². The molecule has 3 aromatic carbocycles. The van der Waals surface area contributed by atoms with Crippen molar-refractivity contribution >= 4 is 10.9 Å². The van der Waals surface area contributed by atoms with Crippen molar-refractivity contribution in [3.05, 3.63) is 95.9 Å². The van der Waals surface area contributed by atoms with Gasteiger partial charge in [-0.05, 0) is 42.5 Å². The van der Waals surface area contributed by atoms with E-state index in [1.54, 1.807) is 7.11 Å². The number of ether oxygens (including phenoxy) is 4. The predicted molar refractivity (Wildman–Crippen MR) is 128 cm³/mol. The van der Waals surface area contributed by atoms with Gasteiger partial charge in [0.1, 0.15) is 24.7 Å². The number of pyridine rings is 1. The van der Waals surface area contributed by atoms with Crippen LogP contribution < -0.4 is 18.9 Å². The molecule has 0 aliphatic rings. The van der Waals surface area contributed by atoms with Gasteiger partial charge in [-0.2, -0.15) is 5.21 Å². The van der Waals surface area contributed by atoms with E-state index in [1.165, 1.54) is 0 Å². The van der Waals surface area contributed by atoms with E-state index < -0.39 is 0 Å². The van der Waals surface area contributed by atoms with Gasteiger partial charge in [0.15, 0.2) is 18.1 Å². The molecule has 0 bridgehead atoms. The summed E-state index contributed by atoms with van der Waals surface area (Å²) in [6.07, 6.45) is 0. The second kappa shape index (κ2) is 10.5. The molecule has 2 aromatic heterocycles. The van der Waals surface area contributed by atoms with Crippen molar-refractivity contribution in [2.45, 2.75) is 19.8 Å². The Morgan fingerprint density at radius 1 is 0.743 bits per heavy atom. The zero-order valence-corrected chi connectivity index (χ0v) is 19.0. The first-order valence-electron chi connectivity index (χ1n) is 11.0. The van der Waals surface area contributed by atoms with Crippen LogP contribution in [0.5, 0.6) is 23.0 Å². The Balaban J connectivity index is 1.17. The van der Waals surface area contributed by atoms with Crippen LogP contribution in [0.1, 0.15) is 17.1 Å². The van der Waals surface area contributed by atoms with Gasteiger partial charge in [-0.25, -0.2) is 4.98 Å². The molecule has 0 aliphatic heterocycles. The minimum Gasteiger partial charge on any atom is -0.492 e. The minimum absolute atomic E-state index is 0.174. The number of tetrazole rings is 1. The average Bonchev–Trinajstić information content (AvgIpc) is 3.44. The van der Waals surface area contributed by atoms with Gasteiger partial charge >= 0.3 is 0 Å². The van der Waals surface area contributed by atoms with E-state index in [4.69, 9.17) is 18.9 Å². The first-order valence-corrected chi connectivity index (χ1v) is 11.0. The number of H-pyrrole nitrogens is 1. The van der Waals surface area contributed by atoms with Crippen LogP contribution in [0.2, 0.25) is 0 Å². The molecule has 1 N–H and O–H groups in total. The Hall–Kier alpha value is -4.66. The molecule has 0 atom stereocenters. The third kappa shape index (κ3) is 5.47. The van der Waals surface area contributed by atoms with Crippen molar-refractivity contribution in [3.63, 3.8) is 0 Å². The number of rotatable bonds is 10. The summed E-state index contributed by atoms with van der Waals surface area (Å²) < 4.78 is 23.2. The zero-order valence-electron chi connectivity index (χ0n) is 19.0. The monoisotopic (exact) mass is 469 g/mol. The van der Waals surface area contributed by atoms with Crippen molar-refractivity contribution in [1.29, 1.82) is 0 Å². The normalized spacial score (nSPS) is 10.8. The van der Waals surface area contributed by atoms with Crippen molar-refractivity contribution in [2.75, 3.05) is 7.11 Å². The molecule has 5 rings (SSSR count). The van der Waals surface area contributed by atoms with Crippen LogP contribution >= 0.6 is 0 Å². The van der Waals surface area contributed by atoms with Crippen molar-refractivity contribution in [2.24, 2.45) is 0 Å². The molecule has 9 heteroatoms. The molecule has 0 spiro atoms. The molecule has 0 saturated heterocycles. The molecule has 0 unspecified atom stereocenters. The molecule has 0 saturated carbocycles. The van der Waals surface area contributed by atoms with E-state index in [-0.39, 0.29) is 6.61 Å². The van der Waals surface area contributed by atoms with Crippen molar-refractivity contribution in [3.8, 4) is 23.0 Å². The molecule has 0 aliphatic carbocycles. The standard InChI is InChI=1S/C26H23N5O4/c1-32-26-19(6-4-8-24(26)35-17-25-28-30-31-29-25)15-33-21-11-13-22(14-12-21)34-16-20-10-9-18-5-2-3-7-23(18)27-20/h2-14H,15-17H2,1H3,(H,28,29,30,31). The Bertz CT molecular complexity index is 1390. The average molecular weight is 470 g/mol. The molecule has 9 nitrogen and oxygen atoms in total. The maximum absolute atomic E-state index is 5.96. The summed E-state index contributed by atoms with van der Waals surface area (Å²) in [7, 11) is 1.59. The van der Waals surface area contributed by atoms with Crippen LogP contribution in [0.4, 0.5) is 0 Å². The van der Waals surface area contributed by atoms with E-state index in [0.717, 1.165) is 27.9 Å². The predicted octanol–water partition coefficient (Wildman–Crippen LogP) is 4.49. The third-order valence-corrected chi connectivity index (χ3v) is 5.27. The number of para-hydroxylation sites is 2. The fourth-order valence-corrected chi connectivity index (χ4v) is 3.55. The van der Waals surface area contributed by atoms with Gasteiger partial charge in [0.25, 0.3) is 0 Å². The number of nitrogens with one attached hydrogen (secondary N) is 1. The Kier molecular flexibility index (Phi) is 6.65. The molecule has 0 amide bonds. The minimum atomic E-state index is 0.174. The van der Waals surface area contributed by atoms with Gasteiger partial charge in [0, 0.05) is 10.9 Å². The first kappa shape index (κ1) is 22.1. The molecule has 2 heterocycles. The Labute approximate surface area is 201 Å². The first-order chi connectivity index (χ1) is 17.3. The quantitative estimate of drug-likeness (QED) is 0.319. The van der Waals surface area contributed by atoms with E-state index in [1.807, 2.05) is 72.8 Å². The summed E-state index contributed by atoms with van der Waals surface area (Å²) in [5.41, 5.74) is 2.68. The van der Waals surface area contributed by atoms with Gasteiger partial charge in [0.2, 0.25) is 5.82 Å². The van der Waals surface area contributed by atoms with Gasteiger partial charge < -0.3 is 18.9 Å². The second-order valence-electron chi connectivity index (χ2n) is 7.61. The highest BCUT2D eigenvalue weighted by molar-refractivity contribution is 5.78. The molecular formula is C26H23N5O4. The lowest BCUT2D eigenvalue weighted by molar-refractivity contribution is 0.265. The van der Waals surface area contributed by atoms with Crippen LogP contribution in [0, 0.1) is 0 Å². The topological polar surface area (TPSA) is 104 Å². The highest BCUT2D eigenvalue weighted by Crippen LogP contribution is 2.32. The smallest absolute Gasteiger partial charge is 0.211 e. The fourth-order valence-electron chi connectivity index (χ4n) is 3.55. The number of aromatic nitrogens is 5. The highest BCUT2D eigenvalue weighted by atomic mass is 16.5. The molecule has 0 fully saturated rings. The lowest BCUT2D eigenvalue weighted by Crippen LogP contribution is -2.03. The van der Waals surface area contributed by atoms with Gasteiger partial charge in [0.05, 0.1) is 18.3 Å². The maximum atomic E-state index is 5.96. The Morgan fingerprint density at radius 2 is 1.54 bits per heavy atom. The summed E-state index contributed by atoms with van der Waals surface area (Å²) >= 11 is 0. The summed E-state index contributed by atoms with van der Waals surface area (Å²) in [5.74, 6) is 3.07. The zero-order chi connectivity index (χ0) is 23.9. The van der Waals surface area contributed by atoms with Gasteiger partial charge in [-0.15, -0.1) is 10.2 Å². The fraction of sp³-hybridized carbons (Fsp3) is 0.154. The van der Waals surface area contributed by atoms with Gasteiger partial charge in [-0.3, -0.25) is 0 Å². The number of aromatic amines is 1. The van der Waals surface area contributed by atoms with E-state index >= 15 is 0 Å². The number of hydrogen-bond donors (Lipinski definition) is 1. The number of methoxy groups -OCH3 is 1. The van der Waals surface area contributed by atoms with Crippen LogP contribution in [0.15, 0.2) is 78.9 Å². The number of benzene rings is 3. The molecule has 176 valence electrons. The largest absolute Gasteiger partial charge is 0.492 e. The van der Waals surface area contributed by atoms with Crippen LogP contribution in [-0.4, -0.2) is 32.7 Å². The summed E-state index contributed by atoms with van der Waals surface area (Å²) in [6, 6.07) is 25.2. The van der Waals surface area contributed by atoms with E-state index in [2.05, 4.69) is 31.7 Å². The third-order valence-electron chi connectivity index (χ3n) is 5.27. The van der Waals surface area contributed by atoms with Crippen LogP contribution in [0.3, 0.4) is 0 Å². The summed E-state index contributed by atoms with van der Waals surface area (Å²) in [6.45, 7) is 0.871. The molecule has 5 aromatic rings. The SMILES string of the molecule is COc1c(COc2ccc(OCc3ccc4ccccc4n3)cc2)cccc1OCc1nn[nH]n1. The molecule has 35 heavy (non-hydrogen) atoms. The lowest BCUT2D eigenvalue weighted by atomic mass is 10.2. The van der Waals surface area contributed by atoms with E-state index in [0.29, 0.717) is 36.3 Å². The lowest BCUT2D eigenvalue weighted by Gasteiger charge is -2.14. The Morgan fingerprint density at radius 3 is 2.31 bits per heavy atom. The molecular weight excluding hydrogens is 446 g/mol. The highest BCUT2D eigenvalue weighted by Gasteiger charge is 2.12. The van der Waals surface area contributed by atoms with Crippen molar-refractivity contribution in [1.82, 2.24) is 25.6 Å². The van der Waals surface area contributed by atoms with E-state index in [9.17, 15) is 0 Å². The second-order valence-corrected chi connectivity index (χ2v) is 7.61. The number of hydrogen-bond acceptors (Lipinski definition) is 8. The summed E-state index contributed by atoms with van der Waals surface area (Å²) in [5, 5.41) is 14.8. The number of nitrogens with zero attached hydrogens (tertiary/aromatic N) is 4. The van der Waals surface area contributed by atoms with Crippen molar-refractivity contribution < 1.29 is 18.9 Å². The summed E-state index contributed by atoms with van der Waals surface area (Å²) in [4.78, 5) is 4.64. The number of fused-ring (bicyclic) bond motifs is 1.